The van der Waals surface area contributed by atoms with Crippen molar-refractivity contribution in [3.63, 3.8) is 0 Å². The summed E-state index contributed by atoms with van der Waals surface area (Å²) >= 11 is 8.89. The molecule has 0 saturated carbocycles. The molecule has 2 rings (SSSR count). The first-order valence-corrected chi connectivity index (χ1v) is 6.18. The molecule has 0 aliphatic carbocycles. The van der Waals surface area contributed by atoms with Crippen LogP contribution in [0.5, 0.6) is 11.6 Å². The predicted molar refractivity (Wildman–Crippen MR) is 72.9 cm³/mol. The van der Waals surface area contributed by atoms with Crippen molar-refractivity contribution in [3.05, 3.63) is 40.2 Å². The van der Waals surface area contributed by atoms with Crippen molar-refractivity contribution in [2.75, 3.05) is 5.32 Å². The van der Waals surface area contributed by atoms with Gasteiger partial charge in [0, 0.05) is 6.20 Å². The van der Waals surface area contributed by atoms with Gasteiger partial charge in [0.2, 0.25) is 11.2 Å². The van der Waals surface area contributed by atoms with E-state index >= 15 is 0 Å². The number of hydrogen-bond donors (Lipinski definition) is 2. The molecule has 0 fully saturated rings. The highest BCUT2D eigenvalue weighted by Crippen LogP contribution is 2.32. The predicted octanol–water partition coefficient (Wildman–Crippen LogP) is 3.77. The molecule has 19 heavy (non-hydrogen) atoms. The molecular formula is C11H7BrClN3O3. The van der Waals surface area contributed by atoms with Crippen LogP contribution in [0.1, 0.15) is 0 Å². The third-order valence-corrected chi connectivity index (χ3v) is 2.74. The number of amides is 1. The lowest BCUT2D eigenvalue weighted by Crippen LogP contribution is -2.08. The molecular weight excluding hydrogens is 337 g/mol. The van der Waals surface area contributed by atoms with Gasteiger partial charge in [-0.25, -0.2) is 9.78 Å². The number of benzene rings is 1. The van der Waals surface area contributed by atoms with Crippen LogP contribution < -0.4 is 10.1 Å². The van der Waals surface area contributed by atoms with Crippen molar-refractivity contribution in [2.45, 2.75) is 0 Å². The number of nitrogens with one attached hydrogen (secondary N) is 1. The average molecular weight is 345 g/mol. The molecule has 6 nitrogen and oxygen atoms in total. The van der Waals surface area contributed by atoms with Crippen molar-refractivity contribution < 1.29 is 14.6 Å². The molecule has 0 aliphatic heterocycles. The van der Waals surface area contributed by atoms with Gasteiger partial charge in [-0.3, -0.25) is 5.32 Å². The molecule has 0 spiro atoms. The zero-order valence-electron chi connectivity index (χ0n) is 9.30. The molecule has 2 aromatic rings. The second-order valence-corrected chi connectivity index (χ2v) is 4.51. The van der Waals surface area contributed by atoms with E-state index in [0.717, 1.165) is 0 Å². The third-order valence-electron chi connectivity index (χ3n) is 2.02. The summed E-state index contributed by atoms with van der Waals surface area (Å²) in [7, 11) is 0. The van der Waals surface area contributed by atoms with E-state index in [9.17, 15) is 4.79 Å². The maximum atomic E-state index is 10.7. The Labute approximate surface area is 121 Å². The number of hydrogen-bond acceptors (Lipinski definition) is 4. The summed E-state index contributed by atoms with van der Waals surface area (Å²) in [5, 5.41) is 11.0. The van der Waals surface area contributed by atoms with Gasteiger partial charge in [0.15, 0.2) is 5.75 Å². The molecule has 1 heterocycles. The molecule has 0 bridgehead atoms. The third kappa shape index (κ3) is 3.55. The van der Waals surface area contributed by atoms with Crippen molar-refractivity contribution in [1.29, 1.82) is 0 Å². The second kappa shape index (κ2) is 5.85. The number of nitrogens with zero attached hydrogens (tertiary/aromatic N) is 2. The second-order valence-electron chi connectivity index (χ2n) is 3.32. The molecule has 0 radical (unpaired) electrons. The lowest BCUT2D eigenvalue weighted by atomic mass is 10.3. The first kappa shape index (κ1) is 13.6. The maximum Gasteiger partial charge on any atom is 0.409 e. The highest BCUT2D eigenvalue weighted by molar-refractivity contribution is 9.10. The van der Waals surface area contributed by atoms with Gasteiger partial charge >= 0.3 is 6.09 Å². The standard InChI is InChI=1S/C11H7BrClN3O3/c12-6-5-14-10(13)16-9(6)19-8-4-2-1-3-7(8)15-11(17)18/h1-5,15H,(H,17,18). The summed E-state index contributed by atoms with van der Waals surface area (Å²) in [5.41, 5.74) is 0.302. The van der Waals surface area contributed by atoms with Crippen LogP contribution in [0.4, 0.5) is 10.5 Å². The first-order valence-electron chi connectivity index (χ1n) is 5.01. The highest BCUT2D eigenvalue weighted by atomic mass is 79.9. The van der Waals surface area contributed by atoms with Crippen molar-refractivity contribution in [1.82, 2.24) is 9.97 Å². The van der Waals surface area contributed by atoms with Crippen LogP contribution in [-0.4, -0.2) is 21.2 Å². The summed E-state index contributed by atoms with van der Waals surface area (Å²) in [6.45, 7) is 0. The maximum absolute atomic E-state index is 10.7. The van der Waals surface area contributed by atoms with Crippen molar-refractivity contribution >= 4 is 39.3 Å². The van der Waals surface area contributed by atoms with Gasteiger partial charge in [0.25, 0.3) is 0 Å². The van der Waals surface area contributed by atoms with Crippen molar-refractivity contribution in [3.8, 4) is 11.6 Å². The van der Waals surface area contributed by atoms with E-state index in [0.29, 0.717) is 15.9 Å². The summed E-state index contributed by atoms with van der Waals surface area (Å²) in [6, 6.07) is 6.56. The van der Waals surface area contributed by atoms with Crippen LogP contribution in [0, 0.1) is 0 Å². The van der Waals surface area contributed by atoms with Gasteiger partial charge < -0.3 is 9.84 Å². The Morgan fingerprint density at radius 3 is 2.89 bits per heavy atom. The lowest BCUT2D eigenvalue weighted by molar-refractivity contribution is 0.209. The van der Waals surface area contributed by atoms with Crippen LogP contribution in [0.2, 0.25) is 5.28 Å². The van der Waals surface area contributed by atoms with E-state index in [1.165, 1.54) is 6.20 Å². The number of aromatic nitrogens is 2. The molecule has 0 saturated heterocycles. The Kier molecular flexibility index (Phi) is 4.18. The number of carbonyl (C=O) groups is 1. The zero-order chi connectivity index (χ0) is 13.8. The Balaban J connectivity index is 2.32. The van der Waals surface area contributed by atoms with Crippen LogP contribution in [-0.2, 0) is 0 Å². The minimum atomic E-state index is -1.18. The number of ether oxygens (including phenoxy) is 1. The average Bonchev–Trinajstić information content (AvgIpc) is 2.35. The molecule has 1 amide bonds. The summed E-state index contributed by atoms with van der Waals surface area (Å²) in [4.78, 5) is 18.3. The molecule has 2 N–H and O–H groups in total. The van der Waals surface area contributed by atoms with Crippen molar-refractivity contribution in [2.24, 2.45) is 0 Å². The largest absolute Gasteiger partial charge is 0.465 e. The normalized spacial score (nSPS) is 10.0. The lowest BCUT2D eigenvalue weighted by Gasteiger charge is -2.10. The molecule has 1 aromatic carbocycles. The zero-order valence-corrected chi connectivity index (χ0v) is 11.6. The van der Waals surface area contributed by atoms with E-state index < -0.39 is 6.09 Å². The SMILES string of the molecule is O=C(O)Nc1ccccc1Oc1nc(Cl)ncc1Br. The first-order chi connectivity index (χ1) is 9.06. The topological polar surface area (TPSA) is 84.3 Å². The Morgan fingerprint density at radius 2 is 2.16 bits per heavy atom. The van der Waals surface area contributed by atoms with Gasteiger partial charge in [0.05, 0.1) is 10.2 Å². The number of carboxylic acid groups (broad SMARTS) is 1. The van der Waals surface area contributed by atoms with Crippen LogP contribution in [0.3, 0.4) is 0 Å². The number of anilines is 1. The Morgan fingerprint density at radius 1 is 1.42 bits per heavy atom. The van der Waals surface area contributed by atoms with E-state index in [1.54, 1.807) is 24.3 Å². The number of rotatable bonds is 3. The van der Waals surface area contributed by atoms with Crippen LogP contribution >= 0.6 is 27.5 Å². The summed E-state index contributed by atoms with van der Waals surface area (Å²) < 4.78 is 6.02. The number of para-hydroxylation sites is 2. The quantitative estimate of drug-likeness (QED) is 0.828. The van der Waals surface area contributed by atoms with Gasteiger partial charge in [-0.2, -0.15) is 4.98 Å². The fraction of sp³-hybridized carbons (Fsp3) is 0. The number of halogens is 2. The van der Waals surface area contributed by atoms with Gasteiger partial charge in [0.1, 0.15) is 0 Å². The molecule has 0 atom stereocenters. The molecule has 98 valence electrons. The minimum Gasteiger partial charge on any atom is -0.465 e. The van der Waals surface area contributed by atoms with E-state index in [4.69, 9.17) is 21.4 Å². The van der Waals surface area contributed by atoms with Crippen LogP contribution in [0.15, 0.2) is 34.9 Å². The summed E-state index contributed by atoms with van der Waals surface area (Å²) in [6.07, 6.45) is 0.258. The van der Waals surface area contributed by atoms with E-state index in [1.807, 2.05) is 0 Å². The summed E-state index contributed by atoms with van der Waals surface area (Å²) in [5.74, 6) is 0.500. The Bertz CT molecular complexity index is 624. The molecule has 1 aromatic heterocycles. The minimum absolute atomic E-state index is 0.0295. The van der Waals surface area contributed by atoms with Gasteiger partial charge in [-0.05, 0) is 39.7 Å². The fourth-order valence-electron chi connectivity index (χ4n) is 1.28. The van der Waals surface area contributed by atoms with Gasteiger partial charge in [-0.15, -0.1) is 0 Å². The monoisotopic (exact) mass is 343 g/mol. The molecule has 0 unspecified atom stereocenters. The molecule has 0 aliphatic rings. The Hall–Kier alpha value is -1.86. The highest BCUT2D eigenvalue weighted by Gasteiger charge is 2.11. The molecule has 8 heteroatoms. The van der Waals surface area contributed by atoms with Crippen LogP contribution in [0.25, 0.3) is 0 Å². The van der Waals surface area contributed by atoms with E-state index in [-0.39, 0.29) is 11.2 Å². The van der Waals surface area contributed by atoms with E-state index in [2.05, 4.69) is 31.2 Å². The smallest absolute Gasteiger partial charge is 0.409 e. The fourth-order valence-corrected chi connectivity index (χ4v) is 1.68. The van der Waals surface area contributed by atoms with Gasteiger partial charge in [-0.1, -0.05) is 12.1 Å².